The standard InChI is InChI=1S/C19H25N5O3S/c1-12(2)27-17(25)11-16(14-7-5-4-6-8-14)20-18(26)13(3)28-19-21-22-23-24(19)15-9-10-15/h4-8,12-13,15-16H,9-11H2,1-3H3,(H,20,26). The summed E-state index contributed by atoms with van der Waals surface area (Å²) < 4.78 is 7.03. The molecule has 0 bridgehead atoms. The molecule has 1 aromatic carbocycles. The van der Waals surface area contributed by atoms with Crippen molar-refractivity contribution in [1.82, 2.24) is 25.5 Å². The lowest BCUT2D eigenvalue weighted by Crippen LogP contribution is -2.36. The van der Waals surface area contributed by atoms with Gasteiger partial charge < -0.3 is 10.1 Å². The number of esters is 1. The van der Waals surface area contributed by atoms with Gasteiger partial charge in [-0.2, -0.15) is 0 Å². The molecule has 2 atom stereocenters. The Kier molecular flexibility index (Phi) is 6.66. The predicted octanol–water partition coefficient (Wildman–Crippen LogP) is 2.69. The number of rotatable bonds is 9. The third-order valence-electron chi connectivity index (χ3n) is 4.26. The maximum absolute atomic E-state index is 12.8. The highest BCUT2D eigenvalue weighted by Gasteiger charge is 2.30. The van der Waals surface area contributed by atoms with E-state index in [4.69, 9.17) is 4.74 Å². The van der Waals surface area contributed by atoms with Gasteiger partial charge in [0.25, 0.3) is 0 Å². The van der Waals surface area contributed by atoms with Crippen LogP contribution in [0.5, 0.6) is 0 Å². The second-order valence-electron chi connectivity index (χ2n) is 7.11. The summed E-state index contributed by atoms with van der Waals surface area (Å²) in [4.78, 5) is 25.0. The quantitative estimate of drug-likeness (QED) is 0.508. The van der Waals surface area contributed by atoms with E-state index < -0.39 is 11.3 Å². The summed E-state index contributed by atoms with van der Waals surface area (Å²) in [6.07, 6.45) is 2.00. The zero-order chi connectivity index (χ0) is 20.1. The van der Waals surface area contributed by atoms with Gasteiger partial charge in [-0.25, -0.2) is 4.68 Å². The number of benzene rings is 1. The average Bonchev–Trinajstić information content (AvgIpc) is 3.40. The highest BCUT2D eigenvalue weighted by molar-refractivity contribution is 8.00. The summed E-state index contributed by atoms with van der Waals surface area (Å²) in [6.45, 7) is 5.41. The number of thioether (sulfide) groups is 1. The molecule has 28 heavy (non-hydrogen) atoms. The molecule has 1 saturated carbocycles. The Morgan fingerprint density at radius 2 is 1.96 bits per heavy atom. The largest absolute Gasteiger partial charge is 0.463 e. The molecule has 3 rings (SSSR count). The summed E-state index contributed by atoms with van der Waals surface area (Å²) in [6, 6.07) is 9.32. The van der Waals surface area contributed by atoms with Crippen molar-refractivity contribution in [2.24, 2.45) is 0 Å². The number of carbonyl (C=O) groups excluding carboxylic acids is 2. The molecule has 1 amide bonds. The Morgan fingerprint density at radius 1 is 1.25 bits per heavy atom. The summed E-state index contributed by atoms with van der Waals surface area (Å²) in [5, 5.41) is 15.0. The molecule has 1 aliphatic rings. The van der Waals surface area contributed by atoms with Crippen LogP contribution in [-0.4, -0.2) is 43.4 Å². The molecule has 1 aliphatic carbocycles. The maximum Gasteiger partial charge on any atom is 0.308 e. The number of tetrazole rings is 1. The molecular formula is C19H25N5O3S. The van der Waals surface area contributed by atoms with Gasteiger partial charge >= 0.3 is 5.97 Å². The summed E-state index contributed by atoms with van der Waals surface area (Å²) in [5.41, 5.74) is 0.858. The third-order valence-corrected chi connectivity index (χ3v) is 5.31. The summed E-state index contributed by atoms with van der Waals surface area (Å²) in [5.74, 6) is -0.524. The number of amides is 1. The van der Waals surface area contributed by atoms with Crippen molar-refractivity contribution in [2.75, 3.05) is 0 Å². The highest BCUT2D eigenvalue weighted by atomic mass is 32.2. The van der Waals surface area contributed by atoms with Crippen LogP contribution in [-0.2, 0) is 14.3 Å². The minimum Gasteiger partial charge on any atom is -0.463 e. The lowest BCUT2D eigenvalue weighted by atomic mass is 10.0. The monoisotopic (exact) mass is 403 g/mol. The molecule has 1 heterocycles. The van der Waals surface area contributed by atoms with Gasteiger partial charge in [0.2, 0.25) is 11.1 Å². The van der Waals surface area contributed by atoms with Gasteiger partial charge in [-0.15, -0.1) is 5.10 Å². The van der Waals surface area contributed by atoms with Crippen LogP contribution in [0.25, 0.3) is 0 Å². The van der Waals surface area contributed by atoms with Gasteiger partial charge in [-0.1, -0.05) is 42.1 Å². The topological polar surface area (TPSA) is 99.0 Å². The Morgan fingerprint density at radius 3 is 2.61 bits per heavy atom. The SMILES string of the molecule is CC(C)OC(=O)CC(NC(=O)C(C)Sc1nnnn1C1CC1)c1ccccc1. The zero-order valence-corrected chi connectivity index (χ0v) is 17.1. The first-order valence-corrected chi connectivity index (χ1v) is 10.3. The van der Waals surface area contributed by atoms with Crippen LogP contribution in [0.4, 0.5) is 0 Å². The predicted molar refractivity (Wildman–Crippen MR) is 105 cm³/mol. The number of aromatic nitrogens is 4. The average molecular weight is 404 g/mol. The smallest absolute Gasteiger partial charge is 0.308 e. The number of carbonyl (C=O) groups is 2. The zero-order valence-electron chi connectivity index (χ0n) is 16.2. The molecule has 0 radical (unpaired) electrons. The van der Waals surface area contributed by atoms with E-state index in [2.05, 4.69) is 20.8 Å². The molecule has 0 aliphatic heterocycles. The van der Waals surface area contributed by atoms with E-state index in [9.17, 15) is 9.59 Å². The molecule has 0 spiro atoms. The van der Waals surface area contributed by atoms with Gasteiger partial charge in [-0.05, 0) is 49.6 Å². The van der Waals surface area contributed by atoms with Crippen LogP contribution in [0.1, 0.15) is 57.7 Å². The van der Waals surface area contributed by atoms with E-state index in [1.807, 2.05) is 30.3 Å². The van der Waals surface area contributed by atoms with Crippen LogP contribution < -0.4 is 5.32 Å². The van der Waals surface area contributed by atoms with Gasteiger partial charge in [0, 0.05) is 0 Å². The van der Waals surface area contributed by atoms with Crippen molar-refractivity contribution < 1.29 is 14.3 Å². The van der Waals surface area contributed by atoms with E-state index >= 15 is 0 Å². The molecule has 1 fully saturated rings. The Labute approximate surface area is 168 Å². The van der Waals surface area contributed by atoms with Gasteiger partial charge in [0.15, 0.2) is 0 Å². The van der Waals surface area contributed by atoms with Crippen molar-refractivity contribution >= 4 is 23.6 Å². The minimum absolute atomic E-state index is 0.0745. The second-order valence-corrected chi connectivity index (χ2v) is 8.42. The number of ether oxygens (including phenoxy) is 1. The first-order valence-electron chi connectivity index (χ1n) is 9.43. The lowest BCUT2D eigenvalue weighted by Gasteiger charge is -2.21. The fourth-order valence-electron chi connectivity index (χ4n) is 2.73. The first-order chi connectivity index (χ1) is 13.4. The molecule has 0 saturated heterocycles. The summed E-state index contributed by atoms with van der Waals surface area (Å²) >= 11 is 1.32. The van der Waals surface area contributed by atoms with E-state index in [0.717, 1.165) is 18.4 Å². The number of hydrogen-bond donors (Lipinski definition) is 1. The van der Waals surface area contributed by atoms with Crippen LogP contribution in [0.3, 0.4) is 0 Å². The Bertz CT molecular complexity index is 807. The molecular weight excluding hydrogens is 378 g/mol. The second kappa shape index (κ2) is 9.18. The fourth-order valence-corrected chi connectivity index (χ4v) is 3.60. The van der Waals surface area contributed by atoms with E-state index in [1.165, 1.54) is 11.8 Å². The number of nitrogens with zero attached hydrogens (tertiary/aromatic N) is 4. The highest BCUT2D eigenvalue weighted by Crippen LogP contribution is 2.37. The van der Waals surface area contributed by atoms with Gasteiger partial charge in [-0.3, -0.25) is 9.59 Å². The van der Waals surface area contributed by atoms with E-state index in [-0.39, 0.29) is 24.4 Å². The molecule has 150 valence electrons. The van der Waals surface area contributed by atoms with Crippen LogP contribution in [0.2, 0.25) is 0 Å². The van der Waals surface area contributed by atoms with Crippen molar-refractivity contribution in [3.05, 3.63) is 35.9 Å². The van der Waals surface area contributed by atoms with Crippen LogP contribution in [0, 0.1) is 0 Å². The normalized spacial score (nSPS) is 15.9. The van der Waals surface area contributed by atoms with Crippen LogP contribution >= 0.6 is 11.8 Å². The van der Waals surface area contributed by atoms with Crippen LogP contribution in [0.15, 0.2) is 35.5 Å². The Balaban J connectivity index is 1.65. The molecule has 1 aromatic heterocycles. The lowest BCUT2D eigenvalue weighted by molar-refractivity contribution is -0.148. The van der Waals surface area contributed by atoms with Gasteiger partial charge in [0.1, 0.15) is 0 Å². The molecule has 2 aromatic rings. The molecule has 1 N–H and O–H groups in total. The summed E-state index contributed by atoms with van der Waals surface area (Å²) in [7, 11) is 0. The van der Waals surface area contributed by atoms with Crippen molar-refractivity contribution in [2.45, 2.75) is 68.6 Å². The van der Waals surface area contributed by atoms with Gasteiger partial charge in [0.05, 0.1) is 29.9 Å². The molecule has 9 heteroatoms. The Hall–Kier alpha value is -2.42. The third kappa shape index (κ3) is 5.54. The van der Waals surface area contributed by atoms with Crippen molar-refractivity contribution in [3.63, 3.8) is 0 Å². The molecule has 8 nitrogen and oxygen atoms in total. The number of hydrogen-bond acceptors (Lipinski definition) is 7. The van der Waals surface area contributed by atoms with E-state index in [0.29, 0.717) is 11.2 Å². The first kappa shape index (κ1) is 20.3. The van der Waals surface area contributed by atoms with Crippen molar-refractivity contribution in [3.8, 4) is 0 Å². The maximum atomic E-state index is 12.8. The number of nitrogens with one attached hydrogen (secondary N) is 1. The van der Waals surface area contributed by atoms with Crippen molar-refractivity contribution in [1.29, 1.82) is 0 Å². The molecule has 2 unspecified atom stereocenters. The fraction of sp³-hybridized carbons (Fsp3) is 0.526. The van der Waals surface area contributed by atoms with E-state index in [1.54, 1.807) is 25.5 Å². The minimum atomic E-state index is -0.456.